The van der Waals surface area contributed by atoms with Gasteiger partial charge in [0.05, 0.1) is 16.0 Å². The molecule has 6 heterocycles. The molecule has 16 nitrogen and oxygen atoms in total. The lowest BCUT2D eigenvalue weighted by atomic mass is 9.60. The van der Waals surface area contributed by atoms with E-state index in [4.69, 9.17) is 4.74 Å². The maximum Gasteiger partial charge on any atom is 0.293 e. The molecule has 9 rings (SSSR count). The van der Waals surface area contributed by atoms with Gasteiger partial charge in [-0.3, -0.25) is 24.6 Å². The number of benzene rings is 2. The molecule has 1 spiro atoms. The zero-order valence-corrected chi connectivity index (χ0v) is 38.3. The first-order valence-electron chi connectivity index (χ1n) is 22.8. The Morgan fingerprint density at radius 1 is 0.985 bits per heavy atom. The van der Waals surface area contributed by atoms with Gasteiger partial charge in [-0.1, -0.05) is 38.1 Å². The average Bonchev–Trinajstić information content (AvgIpc) is 3.98. The molecule has 1 atom stereocenters. The highest BCUT2D eigenvalue weighted by atomic mass is 32.2. The van der Waals surface area contributed by atoms with E-state index in [0.29, 0.717) is 35.2 Å². The average molecular weight is 922 g/mol. The minimum absolute atomic E-state index is 0.0400. The highest BCUT2D eigenvalue weighted by molar-refractivity contribution is 7.90. The number of sulfonamides is 1. The number of piperidine rings is 2. The normalized spacial score (nSPS) is 19.8. The molecule has 4 aliphatic rings. The summed E-state index contributed by atoms with van der Waals surface area (Å²) in [5, 5.41) is 15.7. The molecule has 348 valence electrons. The molecule has 3 aromatic heterocycles. The third-order valence-corrected chi connectivity index (χ3v) is 15.7. The van der Waals surface area contributed by atoms with Crippen molar-refractivity contribution in [1.82, 2.24) is 29.5 Å². The van der Waals surface area contributed by atoms with Crippen molar-refractivity contribution in [3.63, 3.8) is 0 Å². The number of nitro groups is 1. The molecule has 0 bridgehead atoms. The van der Waals surface area contributed by atoms with E-state index in [1.807, 2.05) is 10.8 Å². The van der Waals surface area contributed by atoms with E-state index in [0.717, 1.165) is 62.8 Å². The molecule has 18 heteroatoms. The topological polar surface area (TPSA) is 196 Å². The number of ether oxygens (including phenoxy) is 1. The van der Waals surface area contributed by atoms with Gasteiger partial charge in [0.2, 0.25) is 5.91 Å². The second-order valence-corrected chi connectivity index (χ2v) is 20.5. The summed E-state index contributed by atoms with van der Waals surface area (Å²) in [6.45, 7) is 8.73. The fourth-order valence-electron chi connectivity index (χ4n) is 10.5. The summed E-state index contributed by atoms with van der Waals surface area (Å²) in [5.41, 5.74) is 1.18. The first-order chi connectivity index (χ1) is 31.6. The largest absolute Gasteiger partial charge is 0.455 e. The predicted octanol–water partition coefficient (Wildman–Crippen LogP) is 8.25. The quantitative estimate of drug-likeness (QED) is 0.0757. The van der Waals surface area contributed by atoms with Crippen LogP contribution in [0, 0.1) is 15.5 Å². The van der Waals surface area contributed by atoms with Crippen LogP contribution in [0.5, 0.6) is 11.5 Å². The van der Waals surface area contributed by atoms with Crippen molar-refractivity contribution >= 4 is 50.1 Å². The Bertz CT molecular complexity index is 2760. The standard InChI is InChI=1S/C48H56FN9O7S/c1-31(2)37-7-4-5-8-38(37)41-9-6-18-57(41)34-26-47(27-34)13-19-56(20-14-47)44-25-43(65-35-23-33-12-17-50-45(33)52-28-35)39(29-51-44)46(60)54-66(63,64)36-10-11-40(42(24-36)58(61)62)53-30-48(49)15-21-55(22-16-48)32(3)59/h4-5,7-8,10-12,17,23-25,28-29,31,34,41,53H,6,9,13-16,18-22,26-27,30H2,1-3H3,(H,50,52)(H,54,60)/t41-/m0/s1. The van der Waals surface area contributed by atoms with Crippen molar-refractivity contribution in [3.05, 3.63) is 106 Å². The van der Waals surface area contributed by atoms with Gasteiger partial charge in [0.1, 0.15) is 39.9 Å². The minimum Gasteiger partial charge on any atom is -0.455 e. The van der Waals surface area contributed by atoms with Crippen molar-refractivity contribution < 1.29 is 32.1 Å². The molecule has 0 unspecified atom stereocenters. The molecule has 3 saturated heterocycles. The van der Waals surface area contributed by atoms with Crippen molar-refractivity contribution in [2.45, 2.75) is 101 Å². The van der Waals surface area contributed by atoms with Gasteiger partial charge in [-0.2, -0.15) is 0 Å². The lowest BCUT2D eigenvalue weighted by Gasteiger charge is -2.56. The number of aromatic nitrogens is 3. The van der Waals surface area contributed by atoms with Crippen LogP contribution in [0.15, 0.2) is 84.1 Å². The zero-order valence-electron chi connectivity index (χ0n) is 37.5. The van der Waals surface area contributed by atoms with E-state index in [9.17, 15) is 28.1 Å². The molecule has 1 saturated carbocycles. The Kier molecular flexibility index (Phi) is 12.2. The second-order valence-electron chi connectivity index (χ2n) is 18.8. The van der Waals surface area contributed by atoms with Crippen LogP contribution in [-0.2, 0) is 14.8 Å². The lowest BCUT2D eigenvalue weighted by molar-refractivity contribution is -0.384. The number of H-pyrrole nitrogens is 1. The Morgan fingerprint density at radius 3 is 2.47 bits per heavy atom. The number of alkyl halides is 1. The number of carbonyl (C=O) groups is 2. The van der Waals surface area contributed by atoms with E-state index < -0.39 is 37.1 Å². The fraction of sp³-hybridized carbons (Fsp3) is 0.458. The molecule has 2 aromatic carbocycles. The van der Waals surface area contributed by atoms with E-state index in [1.165, 1.54) is 54.3 Å². The molecule has 0 radical (unpaired) electrons. The van der Waals surface area contributed by atoms with Gasteiger partial charge in [0, 0.05) is 94.5 Å². The molecule has 4 fully saturated rings. The van der Waals surface area contributed by atoms with E-state index in [1.54, 1.807) is 18.3 Å². The Morgan fingerprint density at radius 2 is 1.74 bits per heavy atom. The van der Waals surface area contributed by atoms with Crippen LogP contribution >= 0.6 is 0 Å². The monoisotopic (exact) mass is 921 g/mol. The van der Waals surface area contributed by atoms with E-state index in [2.05, 4.69) is 68.2 Å². The summed E-state index contributed by atoms with van der Waals surface area (Å²) in [6, 6.07) is 18.2. The van der Waals surface area contributed by atoms with E-state index >= 15 is 4.39 Å². The number of nitrogens with zero attached hydrogens (tertiary/aromatic N) is 6. The fourth-order valence-corrected chi connectivity index (χ4v) is 11.5. The summed E-state index contributed by atoms with van der Waals surface area (Å²) < 4.78 is 51.4. The number of aromatic amines is 1. The number of hydrogen-bond donors (Lipinski definition) is 3. The smallest absolute Gasteiger partial charge is 0.293 e. The maximum absolute atomic E-state index is 15.6. The molecular weight excluding hydrogens is 866 g/mol. The van der Waals surface area contributed by atoms with Gasteiger partial charge >= 0.3 is 0 Å². The first kappa shape index (κ1) is 45.0. The van der Waals surface area contributed by atoms with Crippen LogP contribution < -0.4 is 19.7 Å². The number of rotatable bonds is 13. The highest BCUT2D eigenvalue weighted by Gasteiger charge is 2.50. The number of nitrogens with one attached hydrogen (secondary N) is 3. The number of carbonyl (C=O) groups excluding carboxylic acids is 2. The molecule has 3 aliphatic heterocycles. The molecule has 5 aromatic rings. The predicted molar refractivity (Wildman–Crippen MR) is 248 cm³/mol. The number of halogens is 1. The van der Waals surface area contributed by atoms with Gasteiger partial charge in [-0.25, -0.2) is 27.5 Å². The van der Waals surface area contributed by atoms with Crippen LogP contribution in [0.25, 0.3) is 11.0 Å². The van der Waals surface area contributed by atoms with Gasteiger partial charge in [0.15, 0.2) is 0 Å². The zero-order chi connectivity index (χ0) is 46.4. The Labute approximate surface area is 383 Å². The number of pyridine rings is 2. The maximum atomic E-state index is 15.6. The summed E-state index contributed by atoms with van der Waals surface area (Å²) in [6.07, 6.45) is 11.3. The summed E-state index contributed by atoms with van der Waals surface area (Å²) >= 11 is 0. The molecule has 2 amide bonds. The number of hydrogen-bond acceptors (Lipinski definition) is 12. The Hall–Kier alpha value is -6.14. The molecule has 3 N–H and O–H groups in total. The number of amides is 2. The van der Waals surface area contributed by atoms with Gasteiger partial charge in [0.25, 0.3) is 21.6 Å². The number of nitro benzene ring substituents is 1. The first-order valence-corrected chi connectivity index (χ1v) is 24.3. The lowest BCUT2D eigenvalue weighted by Crippen LogP contribution is -2.55. The van der Waals surface area contributed by atoms with Gasteiger partial charge in [-0.15, -0.1) is 0 Å². The summed E-state index contributed by atoms with van der Waals surface area (Å²) in [7, 11) is -4.69. The SMILES string of the molecule is CC(=O)N1CCC(F)(CNc2ccc(S(=O)(=O)NC(=O)c3cnc(N4CCC5(CC4)CC(N4CCC[C@H]4c4ccccc4C(C)C)C5)cc3Oc3cnc4[nH]ccc4c3)cc2[N+](=O)[O-])CC1. The Balaban J connectivity index is 0.894. The number of likely N-dealkylation sites (tertiary alicyclic amines) is 2. The highest BCUT2D eigenvalue weighted by Crippen LogP contribution is 2.54. The van der Waals surface area contributed by atoms with Crippen molar-refractivity contribution in [2.75, 3.05) is 49.5 Å². The van der Waals surface area contributed by atoms with Crippen molar-refractivity contribution in [1.29, 1.82) is 0 Å². The summed E-state index contributed by atoms with van der Waals surface area (Å²) in [4.78, 5) is 55.0. The van der Waals surface area contributed by atoms with Crippen LogP contribution in [0.3, 0.4) is 0 Å². The molecule has 1 aliphatic carbocycles. The second kappa shape index (κ2) is 17.9. The number of fused-ring (bicyclic) bond motifs is 1. The molecular formula is C48H56FN9O7S. The van der Waals surface area contributed by atoms with Gasteiger partial charge in [-0.05, 0) is 91.8 Å². The third kappa shape index (κ3) is 9.17. The summed E-state index contributed by atoms with van der Waals surface area (Å²) in [5.74, 6) is 0.198. The number of anilines is 2. The van der Waals surface area contributed by atoms with Crippen molar-refractivity contribution in [2.24, 2.45) is 5.41 Å². The van der Waals surface area contributed by atoms with Crippen LogP contribution in [-0.4, -0.2) is 101 Å². The van der Waals surface area contributed by atoms with E-state index in [-0.39, 0.29) is 60.8 Å². The van der Waals surface area contributed by atoms with Gasteiger partial charge < -0.3 is 24.8 Å². The van der Waals surface area contributed by atoms with Crippen LogP contribution in [0.2, 0.25) is 0 Å². The minimum atomic E-state index is -4.69. The molecule has 66 heavy (non-hydrogen) atoms. The third-order valence-electron chi connectivity index (χ3n) is 14.3. The van der Waals surface area contributed by atoms with Crippen LogP contribution in [0.1, 0.15) is 106 Å². The van der Waals surface area contributed by atoms with Crippen molar-refractivity contribution in [3.8, 4) is 11.5 Å². The van der Waals surface area contributed by atoms with Crippen LogP contribution in [0.4, 0.5) is 21.6 Å².